The molecule has 1 aromatic rings. The molecule has 28 heavy (non-hydrogen) atoms. The number of nitrogens with zero attached hydrogens (tertiary/aromatic N) is 1. The minimum Gasteiger partial charge on any atom is -0.324 e. The summed E-state index contributed by atoms with van der Waals surface area (Å²) in [6.07, 6.45) is 5.36. The van der Waals surface area contributed by atoms with Crippen molar-refractivity contribution in [1.29, 1.82) is 0 Å². The van der Waals surface area contributed by atoms with E-state index in [1.807, 2.05) is 0 Å². The van der Waals surface area contributed by atoms with Gasteiger partial charge in [0.15, 0.2) is 5.78 Å². The highest BCUT2D eigenvalue weighted by Crippen LogP contribution is 2.65. The number of likely N-dealkylation sites (tertiary alicyclic amines) is 1. The number of rotatable bonds is 4. The van der Waals surface area contributed by atoms with E-state index in [9.17, 15) is 19.2 Å². The fourth-order valence-electron chi connectivity index (χ4n) is 5.51. The van der Waals surface area contributed by atoms with Crippen LogP contribution in [0, 0.1) is 35.5 Å². The zero-order valence-electron chi connectivity index (χ0n) is 15.8. The highest BCUT2D eigenvalue weighted by molar-refractivity contribution is 6.10. The lowest BCUT2D eigenvalue weighted by Gasteiger charge is -2.37. The predicted molar refractivity (Wildman–Crippen MR) is 101 cm³/mol. The minimum atomic E-state index is -0.867. The number of Topliss-reactive ketones (excluding diaryl/α,β-unsaturated/α-hetero) is 1. The molecule has 6 heteroatoms. The third-order valence-electron chi connectivity index (χ3n) is 7.02. The Morgan fingerprint density at radius 3 is 2.04 bits per heavy atom. The Hall–Kier alpha value is -2.76. The number of ketones is 1. The molecule has 1 heterocycles. The lowest BCUT2D eigenvalue weighted by molar-refractivity contribution is -0.146. The summed E-state index contributed by atoms with van der Waals surface area (Å²) in [6, 6.07) is 5.70. The van der Waals surface area contributed by atoms with E-state index in [-0.39, 0.29) is 41.3 Å². The van der Waals surface area contributed by atoms with Crippen molar-refractivity contribution in [1.82, 2.24) is 4.90 Å². The van der Waals surface area contributed by atoms with Gasteiger partial charge in [-0.25, -0.2) is 0 Å². The Kier molecular flexibility index (Phi) is 3.63. The standard InChI is InChI=1S/C22H22N2O4/c1-10(20(26)23-13-5-3-12(4-6-13)11(2)25)24-21(27)18-14-7-8-15(17-9-16(14)17)19(18)22(24)28/h3-8,10,14-19H,9H2,1-2H3,(H,23,26)/t10-,14-,15-,16-,17+,18+,19-/m1/s1. The second kappa shape index (κ2) is 5.87. The van der Waals surface area contributed by atoms with Crippen LogP contribution in [0.25, 0.3) is 0 Å². The molecule has 1 aliphatic heterocycles. The van der Waals surface area contributed by atoms with E-state index in [1.54, 1.807) is 31.2 Å². The number of hydrogen-bond acceptors (Lipinski definition) is 4. The molecule has 2 bridgehead atoms. The number of imide groups is 1. The van der Waals surface area contributed by atoms with Gasteiger partial charge in [-0.2, -0.15) is 0 Å². The Morgan fingerprint density at radius 2 is 1.54 bits per heavy atom. The topological polar surface area (TPSA) is 83.6 Å². The van der Waals surface area contributed by atoms with Crippen LogP contribution in [0.4, 0.5) is 5.69 Å². The maximum absolute atomic E-state index is 13.1. The number of anilines is 1. The number of carbonyl (C=O) groups is 4. The average Bonchev–Trinajstić information content (AvgIpc) is 3.45. The summed E-state index contributed by atoms with van der Waals surface area (Å²) in [5.41, 5.74) is 1.09. The fraction of sp³-hybridized carbons (Fsp3) is 0.455. The molecule has 6 nitrogen and oxygen atoms in total. The first-order chi connectivity index (χ1) is 13.4. The zero-order valence-corrected chi connectivity index (χ0v) is 15.8. The average molecular weight is 378 g/mol. The fourth-order valence-corrected chi connectivity index (χ4v) is 5.51. The quantitative estimate of drug-likeness (QED) is 0.495. The van der Waals surface area contributed by atoms with Crippen molar-refractivity contribution in [2.24, 2.45) is 35.5 Å². The molecular weight excluding hydrogens is 356 g/mol. The van der Waals surface area contributed by atoms with Gasteiger partial charge in [0.1, 0.15) is 6.04 Å². The van der Waals surface area contributed by atoms with Crippen LogP contribution >= 0.6 is 0 Å². The molecule has 5 aliphatic rings. The first-order valence-electron chi connectivity index (χ1n) is 9.85. The normalized spacial score (nSPS) is 35.4. The zero-order chi connectivity index (χ0) is 19.7. The van der Waals surface area contributed by atoms with Crippen molar-refractivity contribution in [3.05, 3.63) is 42.0 Å². The Labute approximate surface area is 163 Å². The summed E-state index contributed by atoms with van der Waals surface area (Å²) in [7, 11) is 0. The van der Waals surface area contributed by atoms with Crippen molar-refractivity contribution in [3.63, 3.8) is 0 Å². The Bertz CT molecular complexity index is 898. The molecule has 6 rings (SSSR count). The van der Waals surface area contributed by atoms with Crippen molar-refractivity contribution >= 4 is 29.2 Å². The van der Waals surface area contributed by atoms with Crippen molar-refractivity contribution < 1.29 is 19.2 Å². The number of hydrogen-bond donors (Lipinski definition) is 1. The summed E-state index contributed by atoms with van der Waals surface area (Å²) in [5, 5.41) is 2.75. The molecule has 3 amide bonds. The predicted octanol–water partition coefficient (Wildman–Crippen LogP) is 2.27. The van der Waals surface area contributed by atoms with Gasteiger partial charge < -0.3 is 5.32 Å². The molecular formula is C22H22N2O4. The van der Waals surface area contributed by atoms with Gasteiger partial charge in [-0.1, -0.05) is 12.2 Å². The van der Waals surface area contributed by atoms with E-state index in [0.717, 1.165) is 6.42 Å². The smallest absolute Gasteiger partial charge is 0.247 e. The molecule has 0 aromatic heterocycles. The number of carbonyl (C=O) groups excluding carboxylic acids is 4. The van der Waals surface area contributed by atoms with E-state index in [4.69, 9.17) is 0 Å². The number of benzene rings is 1. The van der Waals surface area contributed by atoms with E-state index < -0.39 is 11.9 Å². The third-order valence-corrected chi connectivity index (χ3v) is 7.02. The van der Waals surface area contributed by atoms with E-state index in [2.05, 4.69) is 17.5 Å². The van der Waals surface area contributed by atoms with Gasteiger partial charge in [-0.15, -0.1) is 0 Å². The van der Waals surface area contributed by atoms with E-state index in [0.29, 0.717) is 23.1 Å². The van der Waals surface area contributed by atoms with E-state index in [1.165, 1.54) is 11.8 Å². The van der Waals surface area contributed by atoms with Gasteiger partial charge in [-0.05, 0) is 68.2 Å². The first-order valence-corrected chi connectivity index (χ1v) is 9.85. The molecule has 3 fully saturated rings. The van der Waals surface area contributed by atoms with Gasteiger partial charge in [-0.3, -0.25) is 24.1 Å². The number of nitrogens with one attached hydrogen (secondary N) is 1. The third kappa shape index (κ3) is 2.33. The Balaban J connectivity index is 1.33. The maximum atomic E-state index is 13.1. The molecule has 0 spiro atoms. The van der Waals surface area contributed by atoms with Crippen LogP contribution < -0.4 is 5.32 Å². The van der Waals surface area contributed by atoms with Crippen LogP contribution in [0.5, 0.6) is 0 Å². The second-order valence-electron chi connectivity index (χ2n) is 8.50. The summed E-state index contributed by atoms with van der Waals surface area (Å²) in [5.74, 6) is -0.0681. The lowest BCUT2D eigenvalue weighted by atomic mass is 9.63. The van der Waals surface area contributed by atoms with Gasteiger partial charge in [0.25, 0.3) is 0 Å². The van der Waals surface area contributed by atoms with Gasteiger partial charge >= 0.3 is 0 Å². The summed E-state index contributed by atoms with van der Waals surface area (Å²) < 4.78 is 0. The SMILES string of the molecule is CC(=O)c1ccc(NC(=O)[C@@H](C)N2C(=O)[C@@H]3[C@@H]4C=C[C@H]([C@H]5C[C@@H]45)[C@@H]3C2=O)cc1. The van der Waals surface area contributed by atoms with Crippen molar-refractivity contribution in [2.75, 3.05) is 5.32 Å². The van der Waals surface area contributed by atoms with Crippen LogP contribution in [0.3, 0.4) is 0 Å². The number of allylic oxidation sites excluding steroid dienone is 2. The molecule has 144 valence electrons. The van der Waals surface area contributed by atoms with Crippen LogP contribution in [-0.2, 0) is 14.4 Å². The summed E-state index contributed by atoms with van der Waals surface area (Å²) in [6.45, 7) is 3.08. The van der Waals surface area contributed by atoms with Gasteiger partial charge in [0.2, 0.25) is 17.7 Å². The first kappa shape index (κ1) is 17.3. The molecule has 1 saturated heterocycles. The highest BCUT2D eigenvalue weighted by Gasteiger charge is 2.67. The molecule has 0 unspecified atom stereocenters. The monoisotopic (exact) mass is 378 g/mol. The summed E-state index contributed by atoms with van der Waals surface area (Å²) >= 11 is 0. The van der Waals surface area contributed by atoms with Crippen LogP contribution in [0.1, 0.15) is 30.6 Å². The largest absolute Gasteiger partial charge is 0.324 e. The number of amides is 3. The highest BCUT2D eigenvalue weighted by atomic mass is 16.2. The van der Waals surface area contributed by atoms with Gasteiger partial charge in [0.05, 0.1) is 11.8 Å². The summed E-state index contributed by atoms with van der Waals surface area (Å²) in [4.78, 5) is 51.4. The van der Waals surface area contributed by atoms with Crippen LogP contribution in [-0.4, -0.2) is 34.4 Å². The molecule has 4 aliphatic carbocycles. The Morgan fingerprint density at radius 1 is 1.00 bits per heavy atom. The lowest BCUT2D eigenvalue weighted by Crippen LogP contribution is -2.46. The van der Waals surface area contributed by atoms with Crippen molar-refractivity contribution in [3.8, 4) is 0 Å². The molecule has 1 aromatic carbocycles. The molecule has 2 saturated carbocycles. The second-order valence-corrected chi connectivity index (χ2v) is 8.50. The molecule has 1 N–H and O–H groups in total. The van der Waals surface area contributed by atoms with Gasteiger partial charge in [0, 0.05) is 11.3 Å². The molecule has 0 radical (unpaired) electrons. The van der Waals surface area contributed by atoms with Crippen molar-refractivity contribution in [2.45, 2.75) is 26.3 Å². The van der Waals surface area contributed by atoms with Crippen LogP contribution in [0.2, 0.25) is 0 Å². The minimum absolute atomic E-state index is 0.0524. The maximum Gasteiger partial charge on any atom is 0.247 e. The molecule has 7 atom stereocenters. The van der Waals surface area contributed by atoms with E-state index >= 15 is 0 Å². The van der Waals surface area contributed by atoms with Crippen LogP contribution in [0.15, 0.2) is 36.4 Å².